The molecule has 3 heterocycles. The first-order valence-corrected chi connectivity index (χ1v) is 9.92. The molecule has 2 aliphatic rings. The number of nitrogens with one attached hydrogen (secondary N) is 2. The molecule has 2 N–H and O–H groups in total. The van der Waals surface area contributed by atoms with Crippen LogP contribution in [0.25, 0.3) is 10.8 Å². The summed E-state index contributed by atoms with van der Waals surface area (Å²) in [5.41, 5.74) is 0.849. The highest BCUT2D eigenvalue weighted by atomic mass is 16.6. The van der Waals surface area contributed by atoms with E-state index in [9.17, 15) is 9.59 Å². The highest BCUT2D eigenvalue weighted by Crippen LogP contribution is 2.34. The summed E-state index contributed by atoms with van der Waals surface area (Å²) in [7, 11) is 1.29. The number of esters is 1. The summed E-state index contributed by atoms with van der Waals surface area (Å²) in [6.07, 6.45) is 0.878. The topological polar surface area (TPSA) is 117 Å². The number of amides is 2. The van der Waals surface area contributed by atoms with Crippen LogP contribution >= 0.6 is 0 Å². The van der Waals surface area contributed by atoms with Crippen LogP contribution in [0.4, 0.5) is 10.5 Å². The number of rotatable bonds is 4. The fraction of sp³-hybridized carbons (Fsp3) is 0.333. The number of urea groups is 1. The smallest absolute Gasteiger partial charge is 0.360 e. The SMILES string of the molecule is COC(=O)c1cn(C2COC3C(NC(=O)Nc4cccc5ccccc45)COC32)nn1. The quantitative estimate of drug-likeness (QED) is 0.614. The Morgan fingerprint density at radius 2 is 1.90 bits per heavy atom. The van der Waals surface area contributed by atoms with E-state index in [1.807, 2.05) is 42.5 Å². The van der Waals surface area contributed by atoms with Gasteiger partial charge in [0.1, 0.15) is 18.2 Å². The second-order valence-corrected chi connectivity index (χ2v) is 7.47. The van der Waals surface area contributed by atoms with Gasteiger partial charge in [0, 0.05) is 5.39 Å². The van der Waals surface area contributed by atoms with Gasteiger partial charge in [0.15, 0.2) is 5.69 Å². The minimum atomic E-state index is -0.557. The molecule has 0 saturated carbocycles. The molecule has 3 aromatic rings. The van der Waals surface area contributed by atoms with Crippen LogP contribution < -0.4 is 10.6 Å². The van der Waals surface area contributed by atoms with Crippen molar-refractivity contribution in [2.45, 2.75) is 24.3 Å². The molecule has 2 aromatic carbocycles. The van der Waals surface area contributed by atoms with Gasteiger partial charge in [-0.05, 0) is 11.5 Å². The van der Waals surface area contributed by atoms with E-state index < -0.39 is 5.97 Å². The molecule has 2 aliphatic heterocycles. The van der Waals surface area contributed by atoms with Gasteiger partial charge in [-0.15, -0.1) is 5.10 Å². The van der Waals surface area contributed by atoms with Crippen LogP contribution in [0.2, 0.25) is 0 Å². The van der Waals surface area contributed by atoms with Crippen molar-refractivity contribution in [1.82, 2.24) is 20.3 Å². The zero-order chi connectivity index (χ0) is 21.4. The number of hydrogen-bond donors (Lipinski definition) is 2. The minimum Gasteiger partial charge on any atom is -0.464 e. The predicted octanol–water partition coefficient (Wildman–Crippen LogP) is 1.75. The molecule has 2 amide bonds. The Labute approximate surface area is 177 Å². The summed E-state index contributed by atoms with van der Waals surface area (Å²) in [5, 5.41) is 15.7. The maximum Gasteiger partial charge on any atom is 0.360 e. The van der Waals surface area contributed by atoms with E-state index in [1.54, 1.807) is 4.68 Å². The van der Waals surface area contributed by atoms with E-state index in [0.29, 0.717) is 13.2 Å². The van der Waals surface area contributed by atoms with Crippen molar-refractivity contribution in [3.8, 4) is 0 Å². The van der Waals surface area contributed by atoms with E-state index in [2.05, 4.69) is 25.7 Å². The summed E-state index contributed by atoms with van der Waals surface area (Å²) in [5.74, 6) is -0.557. The lowest BCUT2D eigenvalue weighted by Gasteiger charge is -2.18. The van der Waals surface area contributed by atoms with Gasteiger partial charge in [0.05, 0.1) is 38.2 Å². The maximum atomic E-state index is 12.7. The molecule has 0 radical (unpaired) electrons. The predicted molar refractivity (Wildman–Crippen MR) is 110 cm³/mol. The fourth-order valence-electron chi connectivity index (χ4n) is 4.13. The molecule has 2 fully saturated rings. The van der Waals surface area contributed by atoms with Gasteiger partial charge >= 0.3 is 12.0 Å². The third-order valence-corrected chi connectivity index (χ3v) is 5.63. The van der Waals surface area contributed by atoms with E-state index in [1.165, 1.54) is 13.3 Å². The highest BCUT2D eigenvalue weighted by molar-refractivity contribution is 6.01. The Kier molecular flexibility index (Phi) is 5.00. The number of carbonyl (C=O) groups excluding carboxylic acids is 2. The standard InChI is InChI=1S/C21H21N5O5/c1-29-20(27)15-9-26(25-24-15)17-11-31-18-16(10-30-19(17)18)23-21(28)22-14-8-4-6-12-5-2-3-7-13(12)14/h2-9,16-19H,10-11H2,1H3,(H2,22,23,28). The molecule has 5 rings (SSSR count). The minimum absolute atomic E-state index is 0.119. The molecule has 0 aliphatic carbocycles. The number of nitrogens with zero attached hydrogens (tertiary/aromatic N) is 3. The molecule has 10 nitrogen and oxygen atoms in total. The average Bonchev–Trinajstić information content (AvgIpc) is 3.51. The number of carbonyl (C=O) groups is 2. The van der Waals surface area contributed by atoms with Gasteiger partial charge in [-0.3, -0.25) is 0 Å². The Morgan fingerprint density at radius 3 is 2.77 bits per heavy atom. The summed E-state index contributed by atoms with van der Waals surface area (Å²) in [4.78, 5) is 24.3. The first-order chi connectivity index (χ1) is 15.1. The van der Waals surface area contributed by atoms with E-state index >= 15 is 0 Å². The van der Waals surface area contributed by atoms with Crippen LogP contribution in [-0.4, -0.2) is 65.6 Å². The van der Waals surface area contributed by atoms with Crippen molar-refractivity contribution < 1.29 is 23.8 Å². The van der Waals surface area contributed by atoms with Crippen LogP contribution in [0.15, 0.2) is 48.7 Å². The molecular weight excluding hydrogens is 402 g/mol. The number of fused-ring (bicyclic) bond motifs is 2. The van der Waals surface area contributed by atoms with Crippen molar-refractivity contribution >= 4 is 28.5 Å². The molecule has 10 heteroatoms. The largest absolute Gasteiger partial charge is 0.464 e. The van der Waals surface area contributed by atoms with E-state index in [0.717, 1.165) is 16.5 Å². The number of anilines is 1. The molecule has 4 unspecified atom stereocenters. The lowest BCUT2D eigenvalue weighted by atomic mass is 10.1. The van der Waals surface area contributed by atoms with Gasteiger partial charge < -0.3 is 24.8 Å². The van der Waals surface area contributed by atoms with E-state index in [4.69, 9.17) is 9.47 Å². The second-order valence-electron chi connectivity index (χ2n) is 7.47. The molecule has 4 atom stereocenters. The molecule has 0 spiro atoms. The zero-order valence-electron chi connectivity index (χ0n) is 16.7. The number of ether oxygens (including phenoxy) is 3. The monoisotopic (exact) mass is 423 g/mol. The third kappa shape index (κ3) is 3.60. The summed E-state index contributed by atoms with van der Waals surface area (Å²) in [6.45, 7) is 0.649. The van der Waals surface area contributed by atoms with Crippen LogP contribution in [0.5, 0.6) is 0 Å². The summed E-state index contributed by atoms with van der Waals surface area (Å²) in [6, 6.07) is 12.7. The molecular formula is C21H21N5O5. The molecule has 1 aromatic heterocycles. The van der Waals surface area contributed by atoms with Gasteiger partial charge in [0.2, 0.25) is 0 Å². The van der Waals surface area contributed by atoms with Crippen LogP contribution in [-0.2, 0) is 14.2 Å². The molecule has 160 valence electrons. The first-order valence-electron chi connectivity index (χ1n) is 9.92. The van der Waals surface area contributed by atoms with Crippen LogP contribution in [0, 0.1) is 0 Å². The number of hydrogen-bond acceptors (Lipinski definition) is 7. The Morgan fingerprint density at radius 1 is 1.10 bits per heavy atom. The van der Waals surface area contributed by atoms with E-state index in [-0.39, 0.29) is 36.0 Å². The number of aromatic nitrogens is 3. The Balaban J connectivity index is 1.24. The second kappa shape index (κ2) is 7.97. The lowest BCUT2D eigenvalue weighted by molar-refractivity contribution is 0.0592. The van der Waals surface area contributed by atoms with Crippen molar-refractivity contribution in [1.29, 1.82) is 0 Å². The van der Waals surface area contributed by atoms with Gasteiger partial charge in [-0.2, -0.15) is 0 Å². The van der Waals surface area contributed by atoms with Crippen molar-refractivity contribution in [3.63, 3.8) is 0 Å². The van der Waals surface area contributed by atoms with Gasteiger partial charge in [0.25, 0.3) is 0 Å². The highest BCUT2D eigenvalue weighted by Gasteiger charge is 2.49. The number of benzene rings is 2. The lowest BCUT2D eigenvalue weighted by Crippen LogP contribution is -2.45. The first kappa shape index (κ1) is 19.5. The van der Waals surface area contributed by atoms with Crippen molar-refractivity contribution in [3.05, 3.63) is 54.4 Å². The third-order valence-electron chi connectivity index (χ3n) is 5.63. The molecule has 31 heavy (non-hydrogen) atoms. The Hall–Kier alpha value is -3.50. The fourth-order valence-corrected chi connectivity index (χ4v) is 4.13. The van der Waals surface area contributed by atoms with Crippen molar-refractivity contribution in [2.75, 3.05) is 25.6 Å². The van der Waals surface area contributed by atoms with Crippen molar-refractivity contribution in [2.24, 2.45) is 0 Å². The zero-order valence-corrected chi connectivity index (χ0v) is 16.7. The summed E-state index contributed by atoms with van der Waals surface area (Å²) < 4.78 is 18.0. The van der Waals surface area contributed by atoms with Gasteiger partial charge in [-0.1, -0.05) is 41.6 Å². The van der Waals surface area contributed by atoms with Gasteiger partial charge in [-0.25, -0.2) is 14.3 Å². The maximum absolute atomic E-state index is 12.7. The molecule has 0 bridgehead atoms. The normalized spacial score (nSPS) is 24.7. The Bertz CT molecular complexity index is 1130. The summed E-state index contributed by atoms with van der Waals surface area (Å²) >= 11 is 0. The number of methoxy groups -OCH3 is 1. The van der Waals surface area contributed by atoms with Crippen LogP contribution in [0.1, 0.15) is 16.5 Å². The van der Waals surface area contributed by atoms with Crippen LogP contribution in [0.3, 0.4) is 0 Å². The molecule has 2 saturated heterocycles. The average molecular weight is 423 g/mol.